The largest absolute Gasteiger partial charge is 0.357 e. The van der Waals surface area contributed by atoms with Crippen LogP contribution in [0.2, 0.25) is 5.54 Å². The molecule has 5 atom stereocenters. The number of hydrogen-bond acceptors (Lipinski definition) is 3. The van der Waals surface area contributed by atoms with E-state index in [1.165, 1.54) is 27.2 Å². The summed E-state index contributed by atoms with van der Waals surface area (Å²) in [5.41, 5.74) is 5.58. The van der Waals surface area contributed by atoms with Gasteiger partial charge in [-0.3, -0.25) is 4.98 Å². The molecular formula is C37H33N3Si. The summed E-state index contributed by atoms with van der Waals surface area (Å²) >= 11 is 0. The molecule has 4 heteroatoms. The van der Waals surface area contributed by atoms with Crippen LogP contribution in [0.15, 0.2) is 139 Å². The minimum atomic E-state index is -1.54. The second kappa shape index (κ2) is 10.5. The zero-order valence-corrected chi connectivity index (χ0v) is 24.4. The van der Waals surface area contributed by atoms with Crippen molar-refractivity contribution in [3.63, 3.8) is 0 Å². The number of pyridine rings is 1. The molecular weight excluding hydrogens is 515 g/mol. The predicted octanol–water partition coefficient (Wildman–Crippen LogP) is 6.28. The fourth-order valence-corrected chi connectivity index (χ4v) is 11.1. The highest BCUT2D eigenvalue weighted by Gasteiger charge is 2.48. The summed E-state index contributed by atoms with van der Waals surface area (Å²) in [6.45, 7) is 2.40. The van der Waals surface area contributed by atoms with E-state index < -0.39 is 8.80 Å². The minimum absolute atomic E-state index is 0.120. The average molecular weight is 548 g/mol. The molecule has 3 nitrogen and oxygen atoms in total. The Hall–Kier alpha value is -4.46. The average Bonchev–Trinajstić information content (AvgIpc) is 3.04. The van der Waals surface area contributed by atoms with E-state index in [9.17, 15) is 5.26 Å². The monoisotopic (exact) mass is 547 g/mol. The molecule has 3 aliphatic carbocycles. The van der Waals surface area contributed by atoms with Crippen molar-refractivity contribution in [1.82, 2.24) is 4.98 Å². The predicted molar refractivity (Wildman–Crippen MR) is 172 cm³/mol. The van der Waals surface area contributed by atoms with Crippen molar-refractivity contribution in [2.45, 2.75) is 37.4 Å². The normalized spacial score (nSPS) is 27.9. The Balaban J connectivity index is 1.36. The molecule has 1 aliphatic heterocycles. The third kappa shape index (κ3) is 4.29. The summed E-state index contributed by atoms with van der Waals surface area (Å²) in [5.74, 6) is 0. The van der Waals surface area contributed by atoms with E-state index in [0.29, 0.717) is 11.1 Å². The number of hydrogen-bond donors (Lipinski definition) is 0. The van der Waals surface area contributed by atoms with Crippen LogP contribution >= 0.6 is 0 Å². The molecule has 5 unspecified atom stereocenters. The maximum Gasteiger partial charge on any atom is 0.114 e. The number of benzene rings is 2. The van der Waals surface area contributed by atoms with Crippen LogP contribution in [0.4, 0.5) is 5.69 Å². The van der Waals surface area contributed by atoms with Crippen molar-refractivity contribution in [3.05, 3.63) is 151 Å². The summed E-state index contributed by atoms with van der Waals surface area (Å²) in [5, 5.41) is 12.4. The van der Waals surface area contributed by atoms with Crippen LogP contribution in [0.3, 0.4) is 0 Å². The van der Waals surface area contributed by atoms with Crippen LogP contribution in [0.25, 0.3) is 5.57 Å². The highest BCUT2D eigenvalue weighted by Crippen LogP contribution is 2.49. The standard InChI is InChI=1S/C37H33N3Si/c1-37(30-16-6-5-15-29(30)31-23-22-27(25-38)26-39-31)24-12-11-21-36(37)40-32-17-7-9-19-34(32)41(28-13-3-2-4-14-28)35-20-10-8-18-33(35)40/h2-4,7-24,26,32,34,36,41H,5-6H2,1H3. The summed E-state index contributed by atoms with van der Waals surface area (Å²) in [6.07, 6.45) is 27.1. The first-order valence-corrected chi connectivity index (χ1v) is 16.4. The number of nitrogens with zero attached hydrogens (tertiary/aromatic N) is 3. The molecule has 0 saturated carbocycles. The number of fused-ring (bicyclic) bond motifs is 2. The molecule has 2 heterocycles. The Morgan fingerprint density at radius 2 is 1.66 bits per heavy atom. The van der Waals surface area contributed by atoms with Crippen LogP contribution in [-0.2, 0) is 0 Å². The van der Waals surface area contributed by atoms with Gasteiger partial charge in [0.2, 0.25) is 0 Å². The molecule has 4 aliphatic rings. The number of nitriles is 1. The van der Waals surface area contributed by atoms with Gasteiger partial charge in [-0.1, -0.05) is 114 Å². The quantitative estimate of drug-likeness (QED) is 0.361. The van der Waals surface area contributed by atoms with Gasteiger partial charge in [-0.25, -0.2) is 0 Å². The molecule has 0 fully saturated rings. The van der Waals surface area contributed by atoms with Gasteiger partial charge >= 0.3 is 0 Å². The molecule has 1 aromatic heterocycles. The Kier molecular flexibility index (Phi) is 6.53. The van der Waals surface area contributed by atoms with E-state index in [1.807, 2.05) is 12.1 Å². The zero-order valence-electron chi connectivity index (χ0n) is 23.3. The van der Waals surface area contributed by atoms with Gasteiger partial charge in [0.05, 0.1) is 23.3 Å². The van der Waals surface area contributed by atoms with E-state index in [0.717, 1.165) is 18.5 Å². The molecule has 0 amide bonds. The van der Waals surface area contributed by atoms with Gasteiger partial charge in [0.1, 0.15) is 14.9 Å². The first-order valence-electron chi connectivity index (χ1n) is 14.6. The molecule has 0 N–H and O–H groups in total. The topological polar surface area (TPSA) is 39.9 Å². The zero-order chi connectivity index (χ0) is 27.8. The second-order valence-corrected chi connectivity index (χ2v) is 14.5. The van der Waals surface area contributed by atoms with E-state index in [2.05, 4.69) is 133 Å². The number of allylic oxidation sites excluding steroid dienone is 7. The van der Waals surface area contributed by atoms with Crippen molar-refractivity contribution < 1.29 is 0 Å². The number of anilines is 1. The lowest BCUT2D eigenvalue weighted by Crippen LogP contribution is -2.63. The Morgan fingerprint density at radius 3 is 2.49 bits per heavy atom. The smallest absolute Gasteiger partial charge is 0.114 e. The molecule has 41 heavy (non-hydrogen) atoms. The lowest BCUT2D eigenvalue weighted by molar-refractivity contribution is 0.412. The SMILES string of the molecule is CC1(C2=CCCC=C2c2ccc(C#N)cn2)C=CC=CC1N1c2ccccc2[SiH](c2ccccc2)C2C=CC=CC21. The van der Waals surface area contributed by atoms with Gasteiger partial charge < -0.3 is 4.90 Å². The van der Waals surface area contributed by atoms with Crippen molar-refractivity contribution in [2.24, 2.45) is 5.41 Å². The van der Waals surface area contributed by atoms with Crippen LogP contribution < -0.4 is 15.3 Å². The fraction of sp³-hybridized carbons (Fsp3) is 0.189. The first kappa shape index (κ1) is 25.5. The van der Waals surface area contributed by atoms with E-state index >= 15 is 0 Å². The lowest BCUT2D eigenvalue weighted by atomic mass is 9.67. The highest BCUT2D eigenvalue weighted by atomic mass is 28.3. The Labute approximate surface area is 244 Å². The number of rotatable bonds is 4. The lowest BCUT2D eigenvalue weighted by Gasteiger charge is -2.54. The van der Waals surface area contributed by atoms with Gasteiger partial charge in [0.15, 0.2) is 0 Å². The van der Waals surface area contributed by atoms with Crippen LogP contribution in [-0.4, -0.2) is 25.9 Å². The van der Waals surface area contributed by atoms with Crippen molar-refractivity contribution >= 4 is 30.4 Å². The van der Waals surface area contributed by atoms with Crippen molar-refractivity contribution in [1.29, 1.82) is 5.26 Å². The van der Waals surface area contributed by atoms with Gasteiger partial charge in [-0.05, 0) is 54.3 Å². The third-order valence-electron chi connectivity index (χ3n) is 9.23. The molecule has 2 aromatic carbocycles. The van der Waals surface area contributed by atoms with E-state index in [1.54, 1.807) is 6.20 Å². The minimum Gasteiger partial charge on any atom is -0.357 e. The van der Waals surface area contributed by atoms with Gasteiger partial charge in [0.25, 0.3) is 0 Å². The van der Waals surface area contributed by atoms with E-state index in [-0.39, 0.29) is 17.5 Å². The molecule has 200 valence electrons. The van der Waals surface area contributed by atoms with Crippen LogP contribution in [0.5, 0.6) is 0 Å². The summed E-state index contributed by atoms with van der Waals surface area (Å²) in [6, 6.07) is 26.9. The highest BCUT2D eigenvalue weighted by molar-refractivity contribution is 6.88. The summed E-state index contributed by atoms with van der Waals surface area (Å²) in [7, 11) is -1.54. The molecule has 7 rings (SSSR count). The molecule has 0 spiro atoms. The summed E-state index contributed by atoms with van der Waals surface area (Å²) in [4.78, 5) is 7.44. The van der Waals surface area contributed by atoms with E-state index in [4.69, 9.17) is 4.98 Å². The first-order chi connectivity index (χ1) is 20.2. The third-order valence-corrected chi connectivity index (χ3v) is 12.9. The molecule has 0 bridgehead atoms. The molecule has 3 aromatic rings. The molecule has 0 radical (unpaired) electrons. The maximum atomic E-state index is 9.34. The van der Waals surface area contributed by atoms with Crippen molar-refractivity contribution in [3.8, 4) is 6.07 Å². The maximum absolute atomic E-state index is 9.34. The Bertz CT molecular complexity index is 1690. The molecule has 0 saturated heterocycles. The number of aromatic nitrogens is 1. The Morgan fingerprint density at radius 1 is 0.878 bits per heavy atom. The van der Waals surface area contributed by atoms with Gasteiger partial charge in [-0.15, -0.1) is 0 Å². The van der Waals surface area contributed by atoms with Crippen molar-refractivity contribution in [2.75, 3.05) is 4.90 Å². The van der Waals surface area contributed by atoms with Gasteiger partial charge in [-0.2, -0.15) is 5.26 Å². The second-order valence-electron chi connectivity index (χ2n) is 11.5. The number of para-hydroxylation sites is 1. The van der Waals surface area contributed by atoms with Crippen LogP contribution in [0, 0.1) is 16.7 Å². The van der Waals surface area contributed by atoms with Gasteiger partial charge in [0, 0.05) is 22.8 Å². The summed E-state index contributed by atoms with van der Waals surface area (Å²) < 4.78 is 0. The van der Waals surface area contributed by atoms with Crippen LogP contribution in [0.1, 0.15) is 31.0 Å². The fourth-order valence-electron chi connectivity index (χ4n) is 7.35.